The fraction of sp³-hybridized carbons (Fsp3) is 0.250. The zero-order valence-corrected chi connectivity index (χ0v) is 22.7. The van der Waals surface area contributed by atoms with Crippen LogP contribution in [0, 0.1) is 11.7 Å². The Morgan fingerprint density at radius 1 is 0.951 bits per heavy atom. The van der Waals surface area contributed by atoms with Crippen molar-refractivity contribution in [3.8, 4) is 11.5 Å². The molecule has 0 saturated carbocycles. The fourth-order valence-corrected chi connectivity index (χ4v) is 5.25. The molecular formula is C28H29FN4O7S. The van der Waals surface area contributed by atoms with Crippen molar-refractivity contribution >= 4 is 33.6 Å². The van der Waals surface area contributed by atoms with Crippen molar-refractivity contribution in [2.24, 2.45) is 5.92 Å². The summed E-state index contributed by atoms with van der Waals surface area (Å²) < 4.78 is 47.9. The van der Waals surface area contributed by atoms with E-state index in [0.717, 1.165) is 12.1 Å². The number of para-hydroxylation sites is 1. The molecule has 1 fully saturated rings. The number of carbonyl (C=O) groups excluding carboxylic acids is 2. The number of nitrogens with one attached hydrogen (secondary N) is 3. The maximum absolute atomic E-state index is 13.9. The Labute approximate surface area is 236 Å². The van der Waals surface area contributed by atoms with Gasteiger partial charge in [0.15, 0.2) is 5.75 Å². The highest BCUT2D eigenvalue weighted by molar-refractivity contribution is 7.92. The van der Waals surface area contributed by atoms with E-state index in [2.05, 4.69) is 15.4 Å². The molecule has 1 saturated heterocycles. The second kappa shape index (κ2) is 13.1. The van der Waals surface area contributed by atoms with Crippen molar-refractivity contribution in [2.75, 3.05) is 30.9 Å². The summed E-state index contributed by atoms with van der Waals surface area (Å²) in [5.74, 6) is -0.947. The minimum absolute atomic E-state index is 0.0983. The minimum atomic E-state index is -4.17. The smallest absolute Gasteiger partial charge is 0.407 e. The van der Waals surface area contributed by atoms with Gasteiger partial charge in [-0.3, -0.25) is 14.3 Å². The van der Waals surface area contributed by atoms with Gasteiger partial charge in [-0.2, -0.15) is 0 Å². The third-order valence-electron chi connectivity index (χ3n) is 6.47. The number of rotatable bonds is 10. The molecule has 11 nitrogen and oxygen atoms in total. The molecule has 1 heterocycles. The Hall–Kier alpha value is -4.65. The van der Waals surface area contributed by atoms with Crippen molar-refractivity contribution < 1.29 is 37.0 Å². The van der Waals surface area contributed by atoms with Gasteiger partial charge in [-0.15, -0.1) is 0 Å². The molecule has 0 radical (unpaired) electrons. The van der Waals surface area contributed by atoms with Gasteiger partial charge in [-0.05, 0) is 67.3 Å². The molecule has 3 aromatic carbocycles. The summed E-state index contributed by atoms with van der Waals surface area (Å²) in [5.41, 5.74) is 0.0331. The first-order chi connectivity index (χ1) is 19.6. The molecule has 0 aliphatic carbocycles. The van der Waals surface area contributed by atoms with E-state index in [1.807, 2.05) is 0 Å². The number of nitrogens with zero attached hydrogens (tertiary/aromatic N) is 1. The van der Waals surface area contributed by atoms with Gasteiger partial charge in [0.25, 0.3) is 15.9 Å². The first-order valence-corrected chi connectivity index (χ1v) is 14.3. The second-order valence-corrected chi connectivity index (χ2v) is 11.1. The first-order valence-electron chi connectivity index (χ1n) is 12.8. The Morgan fingerprint density at radius 2 is 1.63 bits per heavy atom. The van der Waals surface area contributed by atoms with E-state index in [0.29, 0.717) is 38.2 Å². The summed E-state index contributed by atoms with van der Waals surface area (Å²) in [6.07, 6.45) is 0.332. The molecule has 0 spiro atoms. The monoisotopic (exact) mass is 584 g/mol. The van der Waals surface area contributed by atoms with E-state index in [9.17, 15) is 27.2 Å². The maximum Gasteiger partial charge on any atom is 0.407 e. The lowest BCUT2D eigenvalue weighted by molar-refractivity contribution is -0.120. The number of benzene rings is 3. The van der Waals surface area contributed by atoms with Gasteiger partial charge in [-0.25, -0.2) is 17.6 Å². The summed E-state index contributed by atoms with van der Waals surface area (Å²) >= 11 is 0. The number of amides is 3. The number of likely N-dealkylation sites (tertiary alicyclic amines) is 1. The van der Waals surface area contributed by atoms with Crippen molar-refractivity contribution in [3.05, 3.63) is 84.2 Å². The fourth-order valence-electron chi connectivity index (χ4n) is 4.19. The Balaban J connectivity index is 1.30. The number of halogens is 1. The van der Waals surface area contributed by atoms with Crippen LogP contribution in [0.4, 0.5) is 14.9 Å². The quantitative estimate of drug-likeness (QED) is 0.284. The lowest BCUT2D eigenvalue weighted by atomic mass is 9.97. The highest BCUT2D eigenvalue weighted by atomic mass is 32.2. The summed E-state index contributed by atoms with van der Waals surface area (Å²) in [6.45, 7) is 0.931. The van der Waals surface area contributed by atoms with Crippen LogP contribution in [0.2, 0.25) is 0 Å². The summed E-state index contributed by atoms with van der Waals surface area (Å²) in [4.78, 5) is 36.8. The van der Waals surface area contributed by atoms with E-state index in [1.54, 1.807) is 30.3 Å². The molecule has 0 aromatic heterocycles. The number of carboxylic acid groups (broad SMARTS) is 1. The van der Waals surface area contributed by atoms with Crippen LogP contribution < -0.4 is 20.1 Å². The number of carbonyl (C=O) groups is 3. The number of ether oxygens (including phenoxy) is 1. The Kier molecular flexibility index (Phi) is 9.40. The number of sulfonamides is 1. The molecule has 41 heavy (non-hydrogen) atoms. The molecule has 0 unspecified atom stereocenters. The van der Waals surface area contributed by atoms with Gasteiger partial charge < -0.3 is 25.4 Å². The second-order valence-electron chi connectivity index (χ2n) is 9.39. The lowest BCUT2D eigenvalue weighted by Crippen LogP contribution is -2.43. The normalized spacial score (nSPS) is 13.7. The van der Waals surface area contributed by atoms with Crippen LogP contribution in [-0.4, -0.2) is 62.5 Å². The zero-order chi connectivity index (χ0) is 29.4. The topological polar surface area (TPSA) is 154 Å². The van der Waals surface area contributed by atoms with Gasteiger partial charge in [0.05, 0.1) is 17.1 Å². The van der Waals surface area contributed by atoms with Gasteiger partial charge >= 0.3 is 6.09 Å². The number of piperidine rings is 1. The van der Waals surface area contributed by atoms with Crippen LogP contribution in [0.5, 0.6) is 11.5 Å². The van der Waals surface area contributed by atoms with Crippen LogP contribution in [0.15, 0.2) is 77.7 Å². The Morgan fingerprint density at radius 3 is 2.29 bits per heavy atom. The largest absolute Gasteiger partial charge is 0.465 e. The van der Waals surface area contributed by atoms with Crippen molar-refractivity contribution in [1.29, 1.82) is 0 Å². The van der Waals surface area contributed by atoms with Gasteiger partial charge in [-0.1, -0.05) is 18.2 Å². The summed E-state index contributed by atoms with van der Waals surface area (Å²) in [5, 5.41) is 14.2. The molecule has 3 amide bonds. The molecule has 13 heteroatoms. The maximum atomic E-state index is 13.9. The molecule has 216 valence electrons. The molecule has 4 rings (SSSR count). The predicted molar refractivity (Wildman–Crippen MR) is 148 cm³/mol. The van der Waals surface area contributed by atoms with Crippen molar-refractivity contribution in [1.82, 2.24) is 15.5 Å². The number of anilines is 1. The van der Waals surface area contributed by atoms with Crippen molar-refractivity contribution in [2.45, 2.75) is 17.7 Å². The van der Waals surface area contributed by atoms with Gasteiger partial charge in [0.2, 0.25) is 5.91 Å². The van der Waals surface area contributed by atoms with E-state index >= 15 is 0 Å². The van der Waals surface area contributed by atoms with Crippen LogP contribution in [-0.2, 0) is 14.8 Å². The SMILES string of the molecule is O=C(CNC(=O)c1ccc(S(=O)(=O)Nc2cc(F)ccc2Oc2ccccc2)cc1)NCC1CCN(C(=O)O)CC1. The van der Waals surface area contributed by atoms with Gasteiger partial charge in [0.1, 0.15) is 11.6 Å². The van der Waals surface area contributed by atoms with Crippen LogP contribution >= 0.6 is 0 Å². The molecule has 3 aromatic rings. The minimum Gasteiger partial charge on any atom is -0.465 e. The molecule has 4 N–H and O–H groups in total. The number of hydrogen-bond donors (Lipinski definition) is 4. The van der Waals surface area contributed by atoms with Crippen LogP contribution in [0.25, 0.3) is 0 Å². The van der Waals surface area contributed by atoms with Gasteiger partial charge in [0, 0.05) is 31.3 Å². The average Bonchev–Trinajstić information content (AvgIpc) is 2.97. The number of hydrogen-bond acceptors (Lipinski definition) is 6. The van der Waals surface area contributed by atoms with Crippen LogP contribution in [0.1, 0.15) is 23.2 Å². The van der Waals surface area contributed by atoms with Crippen molar-refractivity contribution in [3.63, 3.8) is 0 Å². The van der Waals surface area contributed by atoms with Crippen LogP contribution in [0.3, 0.4) is 0 Å². The summed E-state index contributed by atoms with van der Waals surface area (Å²) in [7, 11) is -4.17. The third kappa shape index (κ3) is 8.18. The first kappa shape index (κ1) is 29.3. The molecule has 1 aliphatic rings. The summed E-state index contributed by atoms with van der Waals surface area (Å²) in [6, 6.07) is 17.1. The predicted octanol–water partition coefficient (Wildman–Crippen LogP) is 3.65. The average molecular weight is 585 g/mol. The third-order valence-corrected chi connectivity index (χ3v) is 7.85. The van der Waals surface area contributed by atoms with E-state index in [1.165, 1.54) is 35.2 Å². The van der Waals surface area contributed by atoms with E-state index in [-0.39, 0.29) is 34.4 Å². The molecule has 1 aliphatic heterocycles. The molecular weight excluding hydrogens is 555 g/mol. The molecule has 0 bridgehead atoms. The van der Waals surface area contributed by atoms with E-state index < -0.39 is 33.7 Å². The standard InChI is InChI=1S/C28H29FN4O7S/c29-21-8-11-25(40-22-4-2-1-3-5-22)24(16-21)32-41(38,39)23-9-6-20(7-10-23)27(35)31-18-26(34)30-17-19-12-14-33(15-13-19)28(36)37/h1-11,16,19,32H,12-15,17-18H2,(H,30,34)(H,31,35)(H,36,37). The highest BCUT2D eigenvalue weighted by Crippen LogP contribution is 2.32. The zero-order valence-electron chi connectivity index (χ0n) is 21.9. The lowest BCUT2D eigenvalue weighted by Gasteiger charge is -2.29. The highest BCUT2D eigenvalue weighted by Gasteiger charge is 2.23. The Bertz CT molecular complexity index is 1490. The molecule has 0 atom stereocenters. The van der Waals surface area contributed by atoms with E-state index in [4.69, 9.17) is 9.84 Å².